The van der Waals surface area contributed by atoms with Gasteiger partial charge in [0.2, 0.25) is 11.7 Å². The highest BCUT2D eigenvalue weighted by Gasteiger charge is 2.29. The van der Waals surface area contributed by atoms with Crippen molar-refractivity contribution >= 4 is 17.2 Å². The Morgan fingerprint density at radius 3 is 3.08 bits per heavy atom. The number of aromatic nitrogens is 4. The van der Waals surface area contributed by atoms with Crippen LogP contribution in [0.15, 0.2) is 16.7 Å². The highest BCUT2D eigenvalue weighted by atomic mass is 32.1. The molecule has 0 radical (unpaired) electrons. The van der Waals surface area contributed by atoms with Gasteiger partial charge in [-0.2, -0.15) is 10.1 Å². The Morgan fingerprint density at radius 1 is 1.31 bits per heavy atom. The molecule has 0 aromatic carbocycles. The van der Waals surface area contributed by atoms with Crippen LogP contribution in [0.3, 0.4) is 0 Å². The molecule has 5 rings (SSSR count). The number of fused-ring (bicyclic) bond motifs is 1. The molecule has 2 aliphatic carbocycles. The maximum absolute atomic E-state index is 11.8. The van der Waals surface area contributed by atoms with Gasteiger partial charge in [-0.25, -0.2) is 0 Å². The first-order chi connectivity index (χ1) is 12.8. The average molecular weight is 369 g/mol. The molecule has 3 aromatic heterocycles. The molecule has 7 nitrogen and oxygen atoms in total. The normalized spacial score (nSPS) is 16.5. The summed E-state index contributed by atoms with van der Waals surface area (Å²) >= 11 is 1.57. The van der Waals surface area contributed by atoms with Crippen molar-refractivity contribution in [1.82, 2.24) is 25.7 Å². The first-order valence-electron chi connectivity index (χ1n) is 9.05. The predicted octanol–water partition coefficient (Wildman–Crippen LogP) is 3.09. The molecule has 0 bridgehead atoms. The van der Waals surface area contributed by atoms with Crippen LogP contribution in [0.5, 0.6) is 0 Å². The minimum absolute atomic E-state index is 0.158. The molecule has 134 valence electrons. The van der Waals surface area contributed by atoms with Gasteiger partial charge < -0.3 is 9.84 Å². The maximum Gasteiger partial charge on any atom is 0.279 e. The number of H-pyrrole nitrogens is 1. The zero-order valence-corrected chi connectivity index (χ0v) is 15.1. The largest absolute Gasteiger partial charge is 0.351 e. The van der Waals surface area contributed by atoms with E-state index in [4.69, 9.17) is 4.52 Å². The van der Waals surface area contributed by atoms with Gasteiger partial charge in [0.25, 0.3) is 5.89 Å². The van der Waals surface area contributed by atoms with Crippen LogP contribution in [-0.4, -0.2) is 26.2 Å². The Bertz CT molecular complexity index is 953. The third-order valence-electron chi connectivity index (χ3n) is 4.95. The first-order valence-corrected chi connectivity index (χ1v) is 9.86. The number of amides is 1. The lowest BCUT2D eigenvalue weighted by Crippen LogP contribution is -2.23. The van der Waals surface area contributed by atoms with Crippen molar-refractivity contribution in [2.75, 3.05) is 0 Å². The van der Waals surface area contributed by atoms with Crippen molar-refractivity contribution in [1.29, 1.82) is 0 Å². The van der Waals surface area contributed by atoms with Gasteiger partial charge in [-0.1, -0.05) is 5.16 Å². The molecule has 1 amide bonds. The van der Waals surface area contributed by atoms with Gasteiger partial charge in [0, 0.05) is 22.1 Å². The van der Waals surface area contributed by atoms with Gasteiger partial charge in [-0.05, 0) is 50.7 Å². The smallest absolute Gasteiger partial charge is 0.279 e. The van der Waals surface area contributed by atoms with E-state index >= 15 is 0 Å². The zero-order chi connectivity index (χ0) is 17.5. The summed E-state index contributed by atoms with van der Waals surface area (Å²) in [7, 11) is 0. The summed E-state index contributed by atoms with van der Waals surface area (Å²) in [6.45, 7) is 0.553. The summed E-state index contributed by atoms with van der Waals surface area (Å²) < 4.78 is 5.47. The van der Waals surface area contributed by atoms with E-state index in [1.165, 1.54) is 24.1 Å². The third kappa shape index (κ3) is 2.94. The Labute approximate surface area is 154 Å². The Kier molecular flexibility index (Phi) is 3.85. The van der Waals surface area contributed by atoms with E-state index in [9.17, 15) is 4.79 Å². The molecule has 3 heterocycles. The SMILES string of the molecule is O=C(NCc1ccc(-c2noc(-c3n[nH]c4c3CCCC4)n2)s1)C1CC1. The summed E-state index contributed by atoms with van der Waals surface area (Å²) in [4.78, 5) is 18.3. The van der Waals surface area contributed by atoms with Crippen LogP contribution in [-0.2, 0) is 24.2 Å². The summed E-state index contributed by atoms with van der Waals surface area (Å²) in [6, 6.07) is 3.97. The quantitative estimate of drug-likeness (QED) is 0.720. The number of carbonyl (C=O) groups is 1. The van der Waals surface area contributed by atoms with Crippen molar-refractivity contribution in [3.8, 4) is 22.3 Å². The molecular weight excluding hydrogens is 350 g/mol. The highest BCUT2D eigenvalue weighted by molar-refractivity contribution is 7.15. The molecule has 8 heteroatoms. The topological polar surface area (TPSA) is 96.7 Å². The molecule has 0 unspecified atom stereocenters. The number of aryl methyl sites for hydroxylation is 1. The van der Waals surface area contributed by atoms with Gasteiger partial charge >= 0.3 is 0 Å². The number of thiophene rings is 1. The van der Waals surface area contributed by atoms with E-state index in [-0.39, 0.29) is 11.8 Å². The van der Waals surface area contributed by atoms with Crippen LogP contribution in [0.25, 0.3) is 22.3 Å². The monoisotopic (exact) mass is 369 g/mol. The molecule has 2 aliphatic rings. The van der Waals surface area contributed by atoms with Crippen LogP contribution in [0.2, 0.25) is 0 Å². The summed E-state index contributed by atoms with van der Waals surface area (Å²) in [5.74, 6) is 1.42. The van der Waals surface area contributed by atoms with Gasteiger partial charge in [0.05, 0.1) is 11.4 Å². The molecule has 1 fully saturated rings. The maximum atomic E-state index is 11.8. The van der Waals surface area contributed by atoms with E-state index in [1.54, 1.807) is 11.3 Å². The second-order valence-electron chi connectivity index (χ2n) is 6.92. The summed E-state index contributed by atoms with van der Waals surface area (Å²) in [5.41, 5.74) is 3.18. The lowest BCUT2D eigenvalue weighted by atomic mass is 9.96. The number of aromatic amines is 1. The Hall–Kier alpha value is -2.48. The fourth-order valence-electron chi connectivity index (χ4n) is 3.33. The van der Waals surface area contributed by atoms with Crippen molar-refractivity contribution in [2.45, 2.75) is 45.1 Å². The molecule has 0 atom stereocenters. The molecule has 1 saturated carbocycles. The molecule has 0 spiro atoms. The molecule has 2 N–H and O–H groups in total. The van der Waals surface area contributed by atoms with Crippen molar-refractivity contribution in [3.63, 3.8) is 0 Å². The van der Waals surface area contributed by atoms with Gasteiger partial charge in [-0.3, -0.25) is 9.89 Å². The molecule has 0 aliphatic heterocycles. The molecular formula is C18H19N5O2S. The molecule has 26 heavy (non-hydrogen) atoms. The second-order valence-corrected chi connectivity index (χ2v) is 8.09. The van der Waals surface area contributed by atoms with Gasteiger partial charge in [-0.15, -0.1) is 11.3 Å². The second kappa shape index (κ2) is 6.35. The van der Waals surface area contributed by atoms with E-state index < -0.39 is 0 Å². The number of rotatable bonds is 5. The van der Waals surface area contributed by atoms with E-state index in [0.717, 1.165) is 41.1 Å². The van der Waals surface area contributed by atoms with Crippen LogP contribution in [0.4, 0.5) is 0 Å². The lowest BCUT2D eigenvalue weighted by molar-refractivity contribution is -0.122. The predicted molar refractivity (Wildman–Crippen MR) is 96.4 cm³/mol. The van der Waals surface area contributed by atoms with E-state index in [0.29, 0.717) is 18.3 Å². The van der Waals surface area contributed by atoms with Crippen molar-refractivity contribution in [3.05, 3.63) is 28.3 Å². The third-order valence-corrected chi connectivity index (χ3v) is 6.03. The standard InChI is InChI=1S/C18H19N5O2S/c24-17(10-5-6-10)19-9-11-7-8-14(26-11)16-20-18(25-23-16)15-12-3-1-2-4-13(12)21-22-15/h7-8,10H,1-6,9H2,(H,19,24)(H,21,22). The van der Waals surface area contributed by atoms with E-state index in [1.807, 2.05) is 12.1 Å². The van der Waals surface area contributed by atoms with E-state index in [2.05, 4.69) is 25.7 Å². The lowest BCUT2D eigenvalue weighted by Gasteiger charge is -2.09. The average Bonchev–Trinajstić information content (AvgIpc) is 3.08. The Balaban J connectivity index is 1.32. The number of nitrogens with one attached hydrogen (secondary N) is 2. The minimum atomic E-state index is 0.158. The number of hydrogen-bond donors (Lipinski definition) is 2. The minimum Gasteiger partial charge on any atom is -0.351 e. The number of hydrogen-bond acceptors (Lipinski definition) is 6. The zero-order valence-electron chi connectivity index (χ0n) is 14.2. The van der Waals surface area contributed by atoms with Gasteiger partial charge in [0.15, 0.2) is 5.69 Å². The number of carbonyl (C=O) groups excluding carboxylic acids is 1. The summed E-state index contributed by atoms with van der Waals surface area (Å²) in [6.07, 6.45) is 6.43. The van der Waals surface area contributed by atoms with Crippen molar-refractivity contribution < 1.29 is 9.32 Å². The van der Waals surface area contributed by atoms with Crippen LogP contribution < -0.4 is 5.32 Å². The molecule has 0 saturated heterocycles. The fraction of sp³-hybridized carbons (Fsp3) is 0.444. The van der Waals surface area contributed by atoms with Crippen LogP contribution >= 0.6 is 11.3 Å². The van der Waals surface area contributed by atoms with Crippen LogP contribution in [0, 0.1) is 5.92 Å². The number of nitrogens with zero attached hydrogens (tertiary/aromatic N) is 3. The van der Waals surface area contributed by atoms with Gasteiger partial charge in [0.1, 0.15) is 0 Å². The first kappa shape index (κ1) is 15.7. The Morgan fingerprint density at radius 2 is 2.19 bits per heavy atom. The molecule has 3 aromatic rings. The fourth-order valence-corrected chi connectivity index (χ4v) is 4.21. The highest BCUT2D eigenvalue weighted by Crippen LogP contribution is 2.32. The van der Waals surface area contributed by atoms with Crippen LogP contribution in [0.1, 0.15) is 41.8 Å². The van der Waals surface area contributed by atoms with Crippen molar-refractivity contribution in [2.24, 2.45) is 5.92 Å². The summed E-state index contributed by atoms with van der Waals surface area (Å²) in [5, 5.41) is 14.6.